The molecule has 2 aromatic carbocycles. The van der Waals surface area contributed by atoms with Gasteiger partial charge in [0.25, 0.3) is 5.91 Å². The summed E-state index contributed by atoms with van der Waals surface area (Å²) in [5.74, 6) is 0.170. The van der Waals surface area contributed by atoms with Crippen molar-refractivity contribution in [2.45, 2.75) is 20.3 Å². The van der Waals surface area contributed by atoms with E-state index in [4.69, 9.17) is 0 Å². The Kier molecular flexibility index (Phi) is 6.15. The fraction of sp³-hybridized carbons (Fsp3) is 0.222. The maximum absolute atomic E-state index is 12.2. The van der Waals surface area contributed by atoms with Gasteiger partial charge in [-0.1, -0.05) is 26.0 Å². The van der Waals surface area contributed by atoms with Gasteiger partial charge < -0.3 is 10.6 Å². The number of anilines is 2. The maximum atomic E-state index is 12.2. The second-order valence-electron chi connectivity index (χ2n) is 5.66. The van der Waals surface area contributed by atoms with Crippen LogP contribution in [-0.2, 0) is 4.79 Å². The molecule has 0 aromatic heterocycles. The minimum absolute atomic E-state index is 0.00405. The molecule has 0 saturated heterocycles. The summed E-state index contributed by atoms with van der Waals surface area (Å²) >= 11 is 2.14. The van der Waals surface area contributed by atoms with Crippen molar-refractivity contribution in [3.63, 3.8) is 0 Å². The van der Waals surface area contributed by atoms with Gasteiger partial charge >= 0.3 is 0 Å². The molecule has 2 aromatic rings. The lowest BCUT2D eigenvalue weighted by molar-refractivity contribution is -0.116. The third-order valence-electron chi connectivity index (χ3n) is 3.14. The van der Waals surface area contributed by atoms with Gasteiger partial charge in [0.2, 0.25) is 5.91 Å². The SMILES string of the molecule is CC(C)CC(=O)Nc1ccc(NC(=O)c2ccccc2I)cc1. The first-order valence-corrected chi connectivity index (χ1v) is 8.49. The van der Waals surface area contributed by atoms with E-state index in [0.29, 0.717) is 23.6 Å². The van der Waals surface area contributed by atoms with Crippen molar-refractivity contribution in [1.82, 2.24) is 0 Å². The van der Waals surface area contributed by atoms with Crippen LogP contribution in [0, 0.1) is 9.49 Å². The first kappa shape index (κ1) is 17.5. The van der Waals surface area contributed by atoms with E-state index < -0.39 is 0 Å². The Morgan fingerprint density at radius 3 is 2.09 bits per heavy atom. The van der Waals surface area contributed by atoms with Gasteiger partial charge in [-0.25, -0.2) is 0 Å². The van der Waals surface area contributed by atoms with Crippen LogP contribution in [0.2, 0.25) is 0 Å². The molecule has 0 fully saturated rings. The van der Waals surface area contributed by atoms with Gasteiger partial charge in [-0.3, -0.25) is 9.59 Å². The van der Waals surface area contributed by atoms with E-state index in [0.717, 1.165) is 9.26 Å². The van der Waals surface area contributed by atoms with Crippen LogP contribution in [0.4, 0.5) is 11.4 Å². The molecule has 0 saturated carbocycles. The fourth-order valence-electron chi connectivity index (χ4n) is 2.06. The van der Waals surface area contributed by atoms with Gasteiger partial charge in [-0.15, -0.1) is 0 Å². The van der Waals surface area contributed by atoms with Gasteiger partial charge in [0.05, 0.1) is 5.56 Å². The molecule has 2 amide bonds. The molecule has 0 heterocycles. The highest BCUT2D eigenvalue weighted by atomic mass is 127. The van der Waals surface area contributed by atoms with Gasteiger partial charge in [-0.2, -0.15) is 0 Å². The lowest BCUT2D eigenvalue weighted by atomic mass is 10.1. The van der Waals surface area contributed by atoms with Crippen LogP contribution < -0.4 is 10.6 Å². The molecule has 120 valence electrons. The predicted octanol–water partition coefficient (Wildman–Crippen LogP) is 4.53. The van der Waals surface area contributed by atoms with Crippen molar-refractivity contribution in [1.29, 1.82) is 0 Å². The number of nitrogens with one attached hydrogen (secondary N) is 2. The van der Waals surface area contributed by atoms with Crippen molar-refractivity contribution in [3.05, 3.63) is 57.7 Å². The average Bonchev–Trinajstić information content (AvgIpc) is 2.48. The Labute approximate surface area is 149 Å². The summed E-state index contributed by atoms with van der Waals surface area (Å²) in [6.07, 6.45) is 0.491. The lowest BCUT2D eigenvalue weighted by Crippen LogP contribution is -2.14. The first-order valence-electron chi connectivity index (χ1n) is 7.41. The van der Waals surface area contributed by atoms with Crippen LogP contribution >= 0.6 is 22.6 Å². The Hall–Kier alpha value is -1.89. The smallest absolute Gasteiger partial charge is 0.256 e. The quantitative estimate of drug-likeness (QED) is 0.696. The van der Waals surface area contributed by atoms with Gasteiger partial charge in [0.1, 0.15) is 0 Å². The number of carbonyl (C=O) groups excluding carboxylic acids is 2. The highest BCUT2D eigenvalue weighted by Gasteiger charge is 2.10. The molecule has 0 spiro atoms. The van der Waals surface area contributed by atoms with Crippen LogP contribution in [0.3, 0.4) is 0 Å². The third-order valence-corrected chi connectivity index (χ3v) is 4.08. The average molecular weight is 422 g/mol. The fourth-order valence-corrected chi connectivity index (χ4v) is 2.70. The van der Waals surface area contributed by atoms with Crippen molar-refractivity contribution in [3.8, 4) is 0 Å². The van der Waals surface area contributed by atoms with Crippen LogP contribution in [0.1, 0.15) is 30.6 Å². The van der Waals surface area contributed by atoms with Gasteiger partial charge in [0.15, 0.2) is 0 Å². The van der Waals surface area contributed by atoms with E-state index in [1.54, 1.807) is 30.3 Å². The summed E-state index contributed by atoms with van der Waals surface area (Å²) in [7, 11) is 0. The third kappa shape index (κ3) is 5.35. The molecule has 0 radical (unpaired) electrons. The van der Waals surface area contributed by atoms with E-state index >= 15 is 0 Å². The second kappa shape index (κ2) is 8.10. The van der Waals surface area contributed by atoms with Crippen LogP contribution in [0.5, 0.6) is 0 Å². The molecule has 4 nitrogen and oxygen atoms in total. The Morgan fingerprint density at radius 2 is 1.52 bits per heavy atom. The van der Waals surface area contributed by atoms with E-state index in [2.05, 4.69) is 33.2 Å². The minimum atomic E-state index is -0.147. The molecule has 0 aliphatic carbocycles. The van der Waals surface area contributed by atoms with Crippen molar-refractivity contribution in [2.24, 2.45) is 5.92 Å². The minimum Gasteiger partial charge on any atom is -0.326 e. The number of hydrogen-bond donors (Lipinski definition) is 2. The van der Waals surface area contributed by atoms with E-state index in [1.807, 2.05) is 32.0 Å². The Bertz CT molecular complexity index is 696. The van der Waals surface area contributed by atoms with Crippen LogP contribution in [0.15, 0.2) is 48.5 Å². The molecule has 0 aliphatic rings. The van der Waals surface area contributed by atoms with E-state index in [1.165, 1.54) is 0 Å². The standard InChI is InChI=1S/C18H19IN2O2/c1-12(2)11-17(22)20-13-7-9-14(10-8-13)21-18(23)15-5-3-4-6-16(15)19/h3-10,12H,11H2,1-2H3,(H,20,22)(H,21,23). The zero-order valence-corrected chi connectivity index (χ0v) is 15.3. The first-order chi connectivity index (χ1) is 11.0. The summed E-state index contributed by atoms with van der Waals surface area (Å²) in [5, 5.41) is 5.70. The molecule has 5 heteroatoms. The normalized spacial score (nSPS) is 10.4. The number of amides is 2. The van der Waals surface area contributed by atoms with E-state index in [9.17, 15) is 9.59 Å². The number of rotatable bonds is 5. The summed E-state index contributed by atoms with van der Waals surface area (Å²) in [4.78, 5) is 24.0. The molecular formula is C18H19IN2O2. The molecule has 0 bridgehead atoms. The largest absolute Gasteiger partial charge is 0.326 e. The zero-order valence-electron chi connectivity index (χ0n) is 13.1. The zero-order chi connectivity index (χ0) is 16.8. The highest BCUT2D eigenvalue weighted by Crippen LogP contribution is 2.17. The summed E-state index contributed by atoms with van der Waals surface area (Å²) in [6, 6.07) is 14.5. The maximum Gasteiger partial charge on any atom is 0.256 e. The monoisotopic (exact) mass is 422 g/mol. The molecule has 0 atom stereocenters. The predicted molar refractivity (Wildman–Crippen MR) is 102 cm³/mol. The van der Waals surface area contributed by atoms with E-state index in [-0.39, 0.29) is 11.8 Å². The van der Waals surface area contributed by atoms with Crippen LogP contribution in [0.25, 0.3) is 0 Å². The molecule has 0 aliphatic heterocycles. The molecular weight excluding hydrogens is 403 g/mol. The summed E-state index contributed by atoms with van der Waals surface area (Å²) in [6.45, 7) is 4.01. The molecule has 0 unspecified atom stereocenters. The van der Waals surface area contributed by atoms with Crippen molar-refractivity contribution >= 4 is 45.8 Å². The summed E-state index contributed by atoms with van der Waals surface area (Å²) < 4.78 is 0.903. The highest BCUT2D eigenvalue weighted by molar-refractivity contribution is 14.1. The lowest BCUT2D eigenvalue weighted by Gasteiger charge is -2.09. The molecule has 23 heavy (non-hydrogen) atoms. The van der Waals surface area contributed by atoms with Gasteiger partial charge in [-0.05, 0) is 64.9 Å². The number of halogens is 1. The topological polar surface area (TPSA) is 58.2 Å². The number of benzene rings is 2. The molecule has 2 N–H and O–H groups in total. The Balaban J connectivity index is 1.99. The van der Waals surface area contributed by atoms with Gasteiger partial charge in [0, 0.05) is 21.4 Å². The summed E-state index contributed by atoms with van der Waals surface area (Å²) in [5.41, 5.74) is 2.06. The Morgan fingerprint density at radius 1 is 0.957 bits per heavy atom. The second-order valence-corrected chi connectivity index (χ2v) is 6.82. The van der Waals surface area contributed by atoms with Crippen molar-refractivity contribution < 1.29 is 9.59 Å². The number of hydrogen-bond acceptors (Lipinski definition) is 2. The number of carbonyl (C=O) groups is 2. The van der Waals surface area contributed by atoms with Crippen molar-refractivity contribution in [2.75, 3.05) is 10.6 Å². The van der Waals surface area contributed by atoms with Crippen LogP contribution in [-0.4, -0.2) is 11.8 Å². The molecule has 2 rings (SSSR count).